The first-order valence-corrected chi connectivity index (χ1v) is 6.07. The second kappa shape index (κ2) is 5.97. The van der Waals surface area contributed by atoms with Crippen LogP contribution in [-0.2, 0) is 0 Å². The number of nitrogens with zero attached hydrogens (tertiary/aromatic N) is 2. The average Bonchev–Trinajstić information content (AvgIpc) is 2.49. The monoisotopic (exact) mass is 256 g/mol. The van der Waals surface area contributed by atoms with E-state index in [1.165, 1.54) is 0 Å². The van der Waals surface area contributed by atoms with Crippen molar-refractivity contribution in [3.05, 3.63) is 54.2 Å². The van der Waals surface area contributed by atoms with Crippen LogP contribution in [0.25, 0.3) is 0 Å². The number of anilines is 2. The van der Waals surface area contributed by atoms with Gasteiger partial charge < -0.3 is 10.3 Å². The molecule has 2 rings (SSSR count). The van der Waals surface area contributed by atoms with Gasteiger partial charge in [0.15, 0.2) is 0 Å². The van der Waals surface area contributed by atoms with Crippen molar-refractivity contribution in [2.75, 3.05) is 16.9 Å². The first-order valence-electron chi connectivity index (χ1n) is 6.07. The topological polar surface area (TPSA) is 71.2 Å². The molecule has 2 aromatic rings. The molecule has 0 saturated carbocycles. The van der Waals surface area contributed by atoms with Crippen molar-refractivity contribution in [2.45, 2.75) is 6.92 Å². The molecule has 0 aliphatic carbocycles. The van der Waals surface area contributed by atoms with E-state index >= 15 is 0 Å². The smallest absolute Gasteiger partial charge is 0.276 e. The second-order valence-electron chi connectivity index (χ2n) is 3.94. The average molecular weight is 256 g/mol. The van der Waals surface area contributed by atoms with Crippen LogP contribution in [-0.4, -0.2) is 17.4 Å². The maximum atomic E-state index is 12.4. The van der Waals surface area contributed by atoms with Gasteiger partial charge in [0.05, 0.1) is 0 Å². The third-order valence-electron chi connectivity index (χ3n) is 2.75. The van der Waals surface area contributed by atoms with Gasteiger partial charge in [-0.3, -0.25) is 4.79 Å². The zero-order chi connectivity index (χ0) is 13.7. The molecule has 0 radical (unpaired) electrons. The summed E-state index contributed by atoms with van der Waals surface area (Å²) in [5, 5.41) is 0. The fourth-order valence-electron chi connectivity index (χ4n) is 1.82. The fraction of sp³-hybridized carbons (Fsp3) is 0.143. The van der Waals surface area contributed by atoms with E-state index in [1.807, 2.05) is 37.3 Å². The molecule has 0 aliphatic heterocycles. The number of para-hydroxylation sites is 1. The van der Waals surface area contributed by atoms with Gasteiger partial charge in [0.1, 0.15) is 11.5 Å². The fourth-order valence-corrected chi connectivity index (χ4v) is 1.82. The molecule has 19 heavy (non-hydrogen) atoms. The van der Waals surface area contributed by atoms with Gasteiger partial charge in [-0.05, 0) is 31.2 Å². The molecule has 98 valence electrons. The summed E-state index contributed by atoms with van der Waals surface area (Å²) in [6.45, 7) is 2.50. The van der Waals surface area contributed by atoms with Crippen molar-refractivity contribution in [3.8, 4) is 0 Å². The van der Waals surface area contributed by atoms with E-state index in [2.05, 4.69) is 10.4 Å². The van der Waals surface area contributed by atoms with E-state index in [1.54, 1.807) is 23.1 Å². The molecule has 1 amide bonds. The molecular formula is C14H16N4O. The standard InChI is InChI=1S/C14H16N4O/c1-2-18(11-7-4-3-5-8-11)14(19)12-9-6-10-13(16-12)17-15/h3-10H,2,15H2,1H3,(H,16,17). The maximum absolute atomic E-state index is 12.4. The zero-order valence-corrected chi connectivity index (χ0v) is 10.7. The van der Waals surface area contributed by atoms with Crippen molar-refractivity contribution in [1.82, 2.24) is 4.98 Å². The van der Waals surface area contributed by atoms with Gasteiger partial charge in [-0.15, -0.1) is 0 Å². The number of carbonyl (C=O) groups is 1. The number of hydrogen-bond acceptors (Lipinski definition) is 4. The van der Waals surface area contributed by atoms with E-state index in [-0.39, 0.29) is 5.91 Å². The van der Waals surface area contributed by atoms with Gasteiger partial charge in [-0.25, -0.2) is 10.8 Å². The Morgan fingerprint density at radius 2 is 1.95 bits per heavy atom. The molecule has 0 fully saturated rings. The minimum atomic E-state index is -0.147. The van der Waals surface area contributed by atoms with Gasteiger partial charge in [0.25, 0.3) is 5.91 Å². The summed E-state index contributed by atoms with van der Waals surface area (Å²) < 4.78 is 0. The number of carbonyl (C=O) groups excluding carboxylic acids is 1. The summed E-state index contributed by atoms with van der Waals surface area (Å²) >= 11 is 0. The molecule has 5 heteroatoms. The molecule has 0 unspecified atom stereocenters. The number of rotatable bonds is 4. The van der Waals surface area contributed by atoms with Gasteiger partial charge >= 0.3 is 0 Å². The molecule has 1 heterocycles. The van der Waals surface area contributed by atoms with E-state index < -0.39 is 0 Å². The highest BCUT2D eigenvalue weighted by atomic mass is 16.2. The molecule has 0 saturated heterocycles. The van der Waals surface area contributed by atoms with Gasteiger partial charge in [-0.2, -0.15) is 0 Å². The number of pyridine rings is 1. The van der Waals surface area contributed by atoms with Crippen LogP contribution < -0.4 is 16.2 Å². The first kappa shape index (κ1) is 13.0. The van der Waals surface area contributed by atoms with Crippen LogP contribution in [0.2, 0.25) is 0 Å². The first-order chi connectivity index (χ1) is 9.26. The van der Waals surface area contributed by atoms with Crippen molar-refractivity contribution < 1.29 is 4.79 Å². The number of aromatic nitrogens is 1. The summed E-state index contributed by atoms with van der Waals surface area (Å²) in [6.07, 6.45) is 0. The van der Waals surface area contributed by atoms with Crippen LogP contribution >= 0.6 is 0 Å². The number of benzene rings is 1. The van der Waals surface area contributed by atoms with Crippen molar-refractivity contribution >= 4 is 17.4 Å². The lowest BCUT2D eigenvalue weighted by Gasteiger charge is -2.20. The number of nitrogens with two attached hydrogens (primary N) is 1. The largest absolute Gasteiger partial charge is 0.308 e. The van der Waals surface area contributed by atoms with E-state index in [9.17, 15) is 4.79 Å². The minimum Gasteiger partial charge on any atom is -0.308 e. The van der Waals surface area contributed by atoms with Crippen LogP contribution in [0.4, 0.5) is 11.5 Å². The van der Waals surface area contributed by atoms with Crippen LogP contribution in [0.3, 0.4) is 0 Å². The molecule has 3 N–H and O–H groups in total. The number of hydrazine groups is 1. The van der Waals surface area contributed by atoms with Crippen LogP contribution in [0.15, 0.2) is 48.5 Å². The second-order valence-corrected chi connectivity index (χ2v) is 3.94. The lowest BCUT2D eigenvalue weighted by atomic mass is 10.2. The highest BCUT2D eigenvalue weighted by Gasteiger charge is 2.17. The molecule has 0 aliphatic rings. The van der Waals surface area contributed by atoms with Crippen molar-refractivity contribution in [1.29, 1.82) is 0 Å². The third-order valence-corrected chi connectivity index (χ3v) is 2.75. The quantitative estimate of drug-likeness (QED) is 0.648. The summed E-state index contributed by atoms with van der Waals surface area (Å²) in [4.78, 5) is 18.3. The summed E-state index contributed by atoms with van der Waals surface area (Å²) in [5.74, 6) is 5.62. The van der Waals surface area contributed by atoms with Gasteiger partial charge in [0, 0.05) is 12.2 Å². The van der Waals surface area contributed by atoms with Crippen molar-refractivity contribution in [2.24, 2.45) is 5.84 Å². The molecule has 0 spiro atoms. The highest BCUT2D eigenvalue weighted by Crippen LogP contribution is 2.16. The Bertz CT molecular complexity index is 556. The van der Waals surface area contributed by atoms with Gasteiger partial charge in [0.2, 0.25) is 0 Å². The molecule has 1 aromatic heterocycles. The predicted molar refractivity (Wildman–Crippen MR) is 75.8 cm³/mol. The number of nitrogen functional groups attached to an aromatic ring is 1. The molecule has 0 bridgehead atoms. The van der Waals surface area contributed by atoms with Crippen LogP contribution in [0.1, 0.15) is 17.4 Å². The Hall–Kier alpha value is -2.40. The SMILES string of the molecule is CCN(C(=O)c1cccc(NN)n1)c1ccccc1. The Labute approximate surface area is 112 Å². The Kier molecular flexibility index (Phi) is 4.10. The van der Waals surface area contributed by atoms with E-state index in [0.29, 0.717) is 18.1 Å². The highest BCUT2D eigenvalue weighted by molar-refractivity contribution is 6.04. The third kappa shape index (κ3) is 2.89. The van der Waals surface area contributed by atoms with E-state index in [4.69, 9.17) is 5.84 Å². The van der Waals surface area contributed by atoms with Gasteiger partial charge in [-0.1, -0.05) is 24.3 Å². The number of nitrogens with one attached hydrogen (secondary N) is 1. The maximum Gasteiger partial charge on any atom is 0.276 e. The summed E-state index contributed by atoms with van der Waals surface area (Å²) in [5.41, 5.74) is 3.65. The van der Waals surface area contributed by atoms with Crippen LogP contribution in [0.5, 0.6) is 0 Å². The number of amides is 1. The Morgan fingerprint density at radius 1 is 1.21 bits per heavy atom. The molecule has 0 atom stereocenters. The Morgan fingerprint density at radius 3 is 2.58 bits per heavy atom. The normalized spacial score (nSPS) is 10.0. The predicted octanol–water partition coefficient (Wildman–Crippen LogP) is 2.03. The van der Waals surface area contributed by atoms with Crippen LogP contribution in [0, 0.1) is 0 Å². The van der Waals surface area contributed by atoms with Crippen molar-refractivity contribution in [3.63, 3.8) is 0 Å². The molecule has 5 nitrogen and oxygen atoms in total. The molecular weight excluding hydrogens is 240 g/mol. The summed E-state index contributed by atoms with van der Waals surface area (Å²) in [6, 6.07) is 14.6. The zero-order valence-electron chi connectivity index (χ0n) is 10.7. The Balaban J connectivity index is 2.30. The molecule has 1 aromatic carbocycles. The lowest BCUT2D eigenvalue weighted by molar-refractivity contribution is 0.0983. The lowest BCUT2D eigenvalue weighted by Crippen LogP contribution is -2.31. The summed E-state index contributed by atoms with van der Waals surface area (Å²) in [7, 11) is 0. The minimum absolute atomic E-state index is 0.147. The van der Waals surface area contributed by atoms with E-state index in [0.717, 1.165) is 5.69 Å². The number of hydrogen-bond donors (Lipinski definition) is 2.